The molecule has 4 nitrogen and oxygen atoms in total. The summed E-state index contributed by atoms with van der Waals surface area (Å²) >= 11 is 0. The van der Waals surface area contributed by atoms with E-state index in [0.29, 0.717) is 31.0 Å². The zero-order chi connectivity index (χ0) is 20.3. The minimum atomic E-state index is -0.0437. The topological polar surface area (TPSA) is 52.6 Å². The van der Waals surface area contributed by atoms with Crippen molar-refractivity contribution >= 4 is 11.9 Å². The Morgan fingerprint density at radius 3 is 1.89 bits per heavy atom. The van der Waals surface area contributed by atoms with E-state index in [9.17, 15) is 9.59 Å². The van der Waals surface area contributed by atoms with E-state index in [1.54, 1.807) is 0 Å². The number of carbonyl (C=O) groups is 2. The van der Waals surface area contributed by atoms with E-state index >= 15 is 0 Å². The lowest BCUT2D eigenvalue weighted by atomic mass is 9.77. The number of fused-ring (bicyclic) bond motifs is 5. The van der Waals surface area contributed by atoms with Gasteiger partial charge in [-0.15, -0.1) is 0 Å². The monoisotopic (exact) mass is 392 g/mol. The Bertz CT molecular complexity index is 537. The standard InChI is InChI=1S/C24H40O4/c1-5-15(6-2)23(25)27-13-19-12-20-17-9-10-18(11-17)22(20)21(19)14-28-24(26)16(7-3)8-4/h15-22H,5-14H2,1-4H3/t17-,18-,19-,20+,21-,22-/m0/s1. The van der Waals surface area contributed by atoms with Gasteiger partial charge in [-0.2, -0.15) is 0 Å². The van der Waals surface area contributed by atoms with E-state index in [-0.39, 0.29) is 23.8 Å². The van der Waals surface area contributed by atoms with Crippen molar-refractivity contribution in [2.75, 3.05) is 13.2 Å². The van der Waals surface area contributed by atoms with Crippen LogP contribution in [0.4, 0.5) is 0 Å². The zero-order valence-corrected chi connectivity index (χ0v) is 18.3. The van der Waals surface area contributed by atoms with E-state index in [2.05, 4.69) is 13.8 Å². The van der Waals surface area contributed by atoms with Crippen LogP contribution in [0.1, 0.15) is 79.1 Å². The number of hydrogen-bond donors (Lipinski definition) is 0. The third-order valence-corrected chi connectivity index (χ3v) is 8.33. The van der Waals surface area contributed by atoms with Crippen LogP contribution in [-0.4, -0.2) is 25.2 Å². The normalized spacial score (nSPS) is 33.5. The van der Waals surface area contributed by atoms with Gasteiger partial charge in [-0.3, -0.25) is 9.59 Å². The lowest BCUT2D eigenvalue weighted by Crippen LogP contribution is -2.31. The second kappa shape index (κ2) is 9.63. The summed E-state index contributed by atoms with van der Waals surface area (Å²) in [6, 6.07) is 0. The third-order valence-electron chi connectivity index (χ3n) is 8.33. The first-order chi connectivity index (χ1) is 13.5. The van der Waals surface area contributed by atoms with Crippen LogP contribution in [0.25, 0.3) is 0 Å². The maximum atomic E-state index is 12.4. The maximum absolute atomic E-state index is 12.4. The van der Waals surface area contributed by atoms with Crippen molar-refractivity contribution in [3.05, 3.63) is 0 Å². The number of rotatable bonds is 10. The van der Waals surface area contributed by atoms with Gasteiger partial charge in [0.25, 0.3) is 0 Å². The summed E-state index contributed by atoms with van der Waals surface area (Å²) in [6.07, 6.45) is 8.58. The third kappa shape index (κ3) is 4.26. The SMILES string of the molecule is CCC(CC)C(=O)OC[C@@H]1C[C@@H]2[C@H]3CC[C@@H](C3)[C@@H]2[C@H]1COC(=O)C(CC)CC. The number of ether oxygens (including phenoxy) is 2. The molecule has 160 valence electrons. The number of hydrogen-bond acceptors (Lipinski definition) is 4. The van der Waals surface area contributed by atoms with Gasteiger partial charge in [-0.1, -0.05) is 27.7 Å². The number of esters is 2. The molecule has 2 bridgehead atoms. The first-order valence-corrected chi connectivity index (χ1v) is 11.9. The van der Waals surface area contributed by atoms with Crippen LogP contribution in [0.2, 0.25) is 0 Å². The van der Waals surface area contributed by atoms with Crippen molar-refractivity contribution in [2.45, 2.75) is 79.1 Å². The molecule has 0 N–H and O–H groups in total. The molecule has 3 saturated carbocycles. The maximum Gasteiger partial charge on any atom is 0.308 e. The Labute approximate surface area is 171 Å². The molecule has 0 amide bonds. The van der Waals surface area contributed by atoms with Crippen LogP contribution in [-0.2, 0) is 19.1 Å². The average molecular weight is 393 g/mol. The van der Waals surface area contributed by atoms with E-state index in [1.807, 2.05) is 13.8 Å². The minimum Gasteiger partial charge on any atom is -0.465 e. The Hall–Kier alpha value is -1.06. The summed E-state index contributed by atoms with van der Waals surface area (Å²) in [7, 11) is 0. The highest BCUT2D eigenvalue weighted by Crippen LogP contribution is 2.62. The number of carbonyl (C=O) groups excluding carboxylic acids is 2. The van der Waals surface area contributed by atoms with Crippen molar-refractivity contribution in [2.24, 2.45) is 47.3 Å². The van der Waals surface area contributed by atoms with Crippen molar-refractivity contribution in [1.82, 2.24) is 0 Å². The second-order valence-electron chi connectivity index (χ2n) is 9.52. The average Bonchev–Trinajstić information content (AvgIpc) is 3.39. The Morgan fingerprint density at radius 1 is 0.786 bits per heavy atom. The molecule has 6 atom stereocenters. The molecule has 3 aliphatic carbocycles. The van der Waals surface area contributed by atoms with Crippen molar-refractivity contribution in [3.8, 4) is 0 Å². The van der Waals surface area contributed by atoms with Crippen molar-refractivity contribution in [3.63, 3.8) is 0 Å². The summed E-state index contributed by atoms with van der Waals surface area (Å²) in [6.45, 7) is 9.23. The molecular formula is C24H40O4. The first-order valence-electron chi connectivity index (χ1n) is 11.9. The van der Waals surface area contributed by atoms with Gasteiger partial charge in [0.05, 0.1) is 25.0 Å². The van der Waals surface area contributed by atoms with Gasteiger partial charge in [0, 0.05) is 5.92 Å². The summed E-state index contributed by atoms with van der Waals surface area (Å²) < 4.78 is 11.6. The molecule has 0 aromatic carbocycles. The van der Waals surface area contributed by atoms with E-state index in [0.717, 1.165) is 49.9 Å². The van der Waals surface area contributed by atoms with Gasteiger partial charge in [0.2, 0.25) is 0 Å². The Kier molecular flexibility index (Phi) is 7.44. The highest BCUT2D eigenvalue weighted by atomic mass is 16.5. The van der Waals surface area contributed by atoms with Gasteiger partial charge in [-0.05, 0) is 81.0 Å². The van der Waals surface area contributed by atoms with Crippen molar-refractivity contribution < 1.29 is 19.1 Å². The van der Waals surface area contributed by atoms with Gasteiger partial charge in [0.1, 0.15) is 0 Å². The molecule has 3 aliphatic rings. The zero-order valence-electron chi connectivity index (χ0n) is 18.3. The van der Waals surface area contributed by atoms with Crippen LogP contribution >= 0.6 is 0 Å². The molecule has 3 fully saturated rings. The van der Waals surface area contributed by atoms with Crippen LogP contribution in [0.15, 0.2) is 0 Å². The summed E-state index contributed by atoms with van der Waals surface area (Å²) in [5, 5.41) is 0. The fourth-order valence-electron chi connectivity index (χ4n) is 6.60. The predicted octanol–water partition coefficient (Wildman–Crippen LogP) is 5.24. The lowest BCUT2D eigenvalue weighted by molar-refractivity contribution is -0.155. The highest BCUT2D eigenvalue weighted by Gasteiger charge is 2.57. The summed E-state index contributed by atoms with van der Waals surface area (Å²) in [5.41, 5.74) is 0. The summed E-state index contributed by atoms with van der Waals surface area (Å²) in [4.78, 5) is 24.8. The van der Waals surface area contributed by atoms with E-state index in [1.165, 1.54) is 19.3 Å². The minimum absolute atomic E-state index is 0.0169. The predicted molar refractivity (Wildman–Crippen MR) is 109 cm³/mol. The summed E-state index contributed by atoms with van der Waals surface area (Å²) in [5.74, 6) is 3.75. The Morgan fingerprint density at radius 2 is 1.32 bits per heavy atom. The molecule has 0 aromatic rings. The van der Waals surface area contributed by atoms with Crippen molar-refractivity contribution in [1.29, 1.82) is 0 Å². The molecule has 3 rings (SSSR count). The molecule has 0 unspecified atom stereocenters. The van der Waals surface area contributed by atoms with Crippen LogP contribution in [0.5, 0.6) is 0 Å². The van der Waals surface area contributed by atoms with Gasteiger partial charge < -0.3 is 9.47 Å². The van der Waals surface area contributed by atoms with E-state index < -0.39 is 0 Å². The van der Waals surface area contributed by atoms with Crippen LogP contribution in [0.3, 0.4) is 0 Å². The molecule has 4 heteroatoms. The molecule has 0 radical (unpaired) electrons. The molecule has 0 spiro atoms. The molecule has 0 aromatic heterocycles. The smallest absolute Gasteiger partial charge is 0.308 e. The highest BCUT2D eigenvalue weighted by molar-refractivity contribution is 5.72. The largest absolute Gasteiger partial charge is 0.465 e. The molecule has 0 saturated heterocycles. The van der Waals surface area contributed by atoms with Gasteiger partial charge >= 0.3 is 11.9 Å². The van der Waals surface area contributed by atoms with Crippen LogP contribution in [0, 0.1) is 47.3 Å². The second-order valence-corrected chi connectivity index (χ2v) is 9.52. The Balaban J connectivity index is 1.62. The fraction of sp³-hybridized carbons (Fsp3) is 0.917. The van der Waals surface area contributed by atoms with Crippen LogP contribution < -0.4 is 0 Å². The lowest BCUT2D eigenvalue weighted by Gasteiger charge is -2.30. The van der Waals surface area contributed by atoms with Gasteiger partial charge in [-0.25, -0.2) is 0 Å². The molecular weight excluding hydrogens is 352 g/mol. The quantitative estimate of drug-likeness (QED) is 0.477. The van der Waals surface area contributed by atoms with E-state index in [4.69, 9.17) is 9.47 Å². The molecule has 0 aliphatic heterocycles. The van der Waals surface area contributed by atoms with Gasteiger partial charge in [0.15, 0.2) is 0 Å². The fourth-order valence-corrected chi connectivity index (χ4v) is 6.60. The first kappa shape index (κ1) is 21.6. The molecule has 28 heavy (non-hydrogen) atoms. The molecule has 0 heterocycles.